The second-order valence-electron chi connectivity index (χ2n) is 16.6. The molecule has 5 aromatic rings. The number of fused-ring (bicyclic) bond motifs is 7. The summed E-state index contributed by atoms with van der Waals surface area (Å²) in [6.07, 6.45) is 13.6. The Labute approximate surface area is 294 Å². The SMILES string of the molecule is CC1(C)c2ccccc2-c2c1ccc1c2C(C)(C)c2cc(N(c3ccc(C4CCCCC4)cc3)c3ccc(C4CCCCC4)cc3)ccc2-1. The van der Waals surface area contributed by atoms with Gasteiger partial charge >= 0.3 is 0 Å². The molecule has 9 rings (SSSR count). The Balaban J connectivity index is 1.14. The maximum Gasteiger partial charge on any atom is 0.0465 e. The number of rotatable bonds is 5. The van der Waals surface area contributed by atoms with E-state index >= 15 is 0 Å². The van der Waals surface area contributed by atoms with Crippen LogP contribution in [-0.2, 0) is 10.8 Å². The summed E-state index contributed by atoms with van der Waals surface area (Å²) in [5.41, 5.74) is 18.1. The molecule has 0 aliphatic heterocycles. The van der Waals surface area contributed by atoms with Crippen molar-refractivity contribution in [3.8, 4) is 22.3 Å². The predicted molar refractivity (Wildman–Crippen MR) is 208 cm³/mol. The molecule has 0 radical (unpaired) electrons. The van der Waals surface area contributed by atoms with Crippen molar-refractivity contribution < 1.29 is 0 Å². The minimum atomic E-state index is -0.124. The summed E-state index contributed by atoms with van der Waals surface area (Å²) in [5.74, 6) is 1.42. The van der Waals surface area contributed by atoms with E-state index in [0.29, 0.717) is 11.8 Å². The standard InChI is InChI=1S/C48H51N/c1-47(2)42-18-12-11-17-41(42)45-43(47)30-29-40-39-28-27-38(31-44(39)48(3,4)46(40)45)49(36-23-19-34(20-24-36)32-13-7-5-8-14-32)37-25-21-35(22-26-37)33-15-9-6-10-16-33/h11-12,17-33H,5-10,13-16H2,1-4H3. The third-order valence-corrected chi connectivity index (χ3v) is 13.1. The topological polar surface area (TPSA) is 3.24 Å². The molecule has 0 amide bonds. The van der Waals surface area contributed by atoms with Crippen LogP contribution in [0.15, 0.2) is 103 Å². The molecule has 0 heterocycles. The van der Waals surface area contributed by atoms with E-state index in [1.165, 1.54) is 137 Å². The van der Waals surface area contributed by atoms with Crippen LogP contribution in [0.5, 0.6) is 0 Å². The minimum Gasteiger partial charge on any atom is -0.310 e. The first-order valence-electron chi connectivity index (χ1n) is 19.2. The van der Waals surface area contributed by atoms with Gasteiger partial charge in [-0.05, 0) is 130 Å². The molecule has 0 bridgehead atoms. The largest absolute Gasteiger partial charge is 0.310 e. The highest BCUT2D eigenvalue weighted by molar-refractivity contribution is 5.95. The summed E-state index contributed by atoms with van der Waals surface area (Å²) in [4.78, 5) is 2.51. The zero-order chi connectivity index (χ0) is 33.3. The van der Waals surface area contributed by atoms with Crippen molar-refractivity contribution in [1.29, 1.82) is 0 Å². The first kappa shape index (κ1) is 30.9. The molecule has 1 nitrogen and oxygen atoms in total. The average molecular weight is 642 g/mol. The molecule has 1 heteroatoms. The Morgan fingerprint density at radius 1 is 0.449 bits per heavy atom. The molecule has 4 aliphatic carbocycles. The molecule has 0 spiro atoms. The van der Waals surface area contributed by atoms with Crippen molar-refractivity contribution in [2.45, 2.75) is 115 Å². The molecule has 4 aliphatic rings. The van der Waals surface area contributed by atoms with Gasteiger partial charge in [-0.15, -0.1) is 0 Å². The fourth-order valence-corrected chi connectivity index (χ4v) is 10.3. The average Bonchev–Trinajstić information content (AvgIpc) is 3.52. The van der Waals surface area contributed by atoms with Crippen LogP contribution in [0, 0.1) is 0 Å². The Morgan fingerprint density at radius 2 is 0.980 bits per heavy atom. The first-order valence-corrected chi connectivity index (χ1v) is 19.2. The summed E-state index contributed by atoms with van der Waals surface area (Å²) in [7, 11) is 0. The summed E-state index contributed by atoms with van der Waals surface area (Å²) in [5, 5.41) is 0. The van der Waals surface area contributed by atoms with E-state index in [0.717, 1.165) is 0 Å². The van der Waals surface area contributed by atoms with Crippen LogP contribution in [0.25, 0.3) is 22.3 Å². The summed E-state index contributed by atoms with van der Waals surface area (Å²) >= 11 is 0. The van der Waals surface area contributed by atoms with Crippen molar-refractivity contribution in [2.75, 3.05) is 4.90 Å². The Hall–Kier alpha value is -4.10. The molecular formula is C48H51N. The van der Waals surface area contributed by atoms with E-state index < -0.39 is 0 Å². The molecule has 2 saturated carbocycles. The van der Waals surface area contributed by atoms with Crippen LogP contribution in [0.4, 0.5) is 17.1 Å². The van der Waals surface area contributed by atoms with Gasteiger partial charge in [-0.2, -0.15) is 0 Å². The number of benzene rings is 5. The van der Waals surface area contributed by atoms with Crippen molar-refractivity contribution in [3.05, 3.63) is 137 Å². The van der Waals surface area contributed by atoms with Crippen LogP contribution in [0.2, 0.25) is 0 Å². The molecule has 0 aromatic heterocycles. The lowest BCUT2D eigenvalue weighted by Crippen LogP contribution is -2.19. The van der Waals surface area contributed by atoms with Gasteiger partial charge in [0.2, 0.25) is 0 Å². The molecule has 2 fully saturated rings. The highest BCUT2D eigenvalue weighted by Gasteiger charge is 2.44. The highest BCUT2D eigenvalue weighted by Crippen LogP contribution is 2.59. The number of hydrogen-bond donors (Lipinski definition) is 0. The molecule has 0 saturated heterocycles. The molecular weight excluding hydrogens is 591 g/mol. The molecule has 248 valence electrons. The first-order chi connectivity index (χ1) is 23.8. The summed E-state index contributed by atoms with van der Waals surface area (Å²) in [6, 6.07) is 40.5. The molecule has 0 atom stereocenters. The Bertz CT molecular complexity index is 1950. The van der Waals surface area contributed by atoms with E-state index in [9.17, 15) is 0 Å². The lowest BCUT2D eigenvalue weighted by molar-refractivity contribution is 0.443. The van der Waals surface area contributed by atoms with Gasteiger partial charge in [0.15, 0.2) is 0 Å². The van der Waals surface area contributed by atoms with E-state index in [-0.39, 0.29) is 10.8 Å². The van der Waals surface area contributed by atoms with Crippen molar-refractivity contribution >= 4 is 17.1 Å². The molecule has 5 aromatic carbocycles. The van der Waals surface area contributed by atoms with E-state index in [4.69, 9.17) is 0 Å². The molecule has 0 unspecified atom stereocenters. The van der Waals surface area contributed by atoms with Gasteiger partial charge in [0.05, 0.1) is 0 Å². The van der Waals surface area contributed by atoms with Crippen molar-refractivity contribution in [3.63, 3.8) is 0 Å². The van der Waals surface area contributed by atoms with Gasteiger partial charge in [-0.1, -0.05) is 133 Å². The predicted octanol–water partition coefficient (Wildman–Crippen LogP) is 13.9. The monoisotopic (exact) mass is 641 g/mol. The van der Waals surface area contributed by atoms with Crippen LogP contribution < -0.4 is 4.90 Å². The smallest absolute Gasteiger partial charge is 0.0465 e. The van der Waals surface area contributed by atoms with Crippen molar-refractivity contribution in [1.82, 2.24) is 0 Å². The van der Waals surface area contributed by atoms with Crippen molar-refractivity contribution in [2.24, 2.45) is 0 Å². The van der Waals surface area contributed by atoms with Crippen LogP contribution in [0.1, 0.15) is 137 Å². The molecule has 49 heavy (non-hydrogen) atoms. The van der Waals surface area contributed by atoms with Gasteiger partial charge < -0.3 is 4.90 Å². The van der Waals surface area contributed by atoms with Gasteiger partial charge in [0.25, 0.3) is 0 Å². The van der Waals surface area contributed by atoms with Crippen LogP contribution in [-0.4, -0.2) is 0 Å². The summed E-state index contributed by atoms with van der Waals surface area (Å²) in [6.45, 7) is 9.71. The normalized spacial score (nSPS) is 19.2. The second-order valence-corrected chi connectivity index (χ2v) is 16.6. The number of hydrogen-bond acceptors (Lipinski definition) is 1. The molecule has 0 N–H and O–H groups in total. The third-order valence-electron chi connectivity index (χ3n) is 13.1. The Morgan fingerprint density at radius 3 is 1.57 bits per heavy atom. The summed E-state index contributed by atoms with van der Waals surface area (Å²) < 4.78 is 0. The van der Waals surface area contributed by atoms with Gasteiger partial charge in [0.1, 0.15) is 0 Å². The fraction of sp³-hybridized carbons (Fsp3) is 0.375. The second kappa shape index (κ2) is 11.8. The fourth-order valence-electron chi connectivity index (χ4n) is 10.3. The van der Waals surface area contributed by atoms with Crippen LogP contribution in [0.3, 0.4) is 0 Å². The maximum absolute atomic E-state index is 2.51. The highest BCUT2D eigenvalue weighted by atomic mass is 15.1. The Kier molecular flexibility index (Phi) is 7.42. The third kappa shape index (κ3) is 4.94. The van der Waals surface area contributed by atoms with Gasteiger partial charge in [0, 0.05) is 27.9 Å². The van der Waals surface area contributed by atoms with Gasteiger partial charge in [-0.3, -0.25) is 0 Å². The zero-order valence-corrected chi connectivity index (χ0v) is 30.0. The van der Waals surface area contributed by atoms with E-state index in [1.54, 1.807) is 0 Å². The zero-order valence-electron chi connectivity index (χ0n) is 30.0. The number of nitrogens with zero attached hydrogens (tertiary/aromatic N) is 1. The van der Waals surface area contributed by atoms with E-state index in [2.05, 4.69) is 136 Å². The van der Waals surface area contributed by atoms with E-state index in [1.807, 2.05) is 0 Å². The van der Waals surface area contributed by atoms with Crippen LogP contribution >= 0.6 is 0 Å². The maximum atomic E-state index is 2.51. The quantitative estimate of drug-likeness (QED) is 0.185. The minimum absolute atomic E-state index is 0.00134. The lowest BCUT2D eigenvalue weighted by Gasteiger charge is -2.30. The number of anilines is 3. The van der Waals surface area contributed by atoms with Gasteiger partial charge in [-0.25, -0.2) is 0 Å². The lowest BCUT2D eigenvalue weighted by atomic mass is 9.77.